The maximum atomic E-state index is 11.2. The van der Waals surface area contributed by atoms with Crippen molar-refractivity contribution in [3.63, 3.8) is 0 Å². The standard InChI is InChI=1S/C13H12N2O.ClH/c14-13(16)12-6-2-1-5-11(12)8-10-4-3-7-15-9-10;/h1-7,9H,8H2,(H2,14,16);1H. The Hall–Kier alpha value is -1.87. The summed E-state index contributed by atoms with van der Waals surface area (Å²) < 4.78 is 0. The molecule has 0 saturated carbocycles. The molecule has 1 heterocycles. The van der Waals surface area contributed by atoms with Crippen molar-refractivity contribution in [3.05, 3.63) is 65.5 Å². The number of nitrogens with zero attached hydrogens (tertiary/aromatic N) is 1. The molecular formula is C13H13ClN2O. The summed E-state index contributed by atoms with van der Waals surface area (Å²) in [5, 5.41) is 0. The number of hydrogen-bond acceptors (Lipinski definition) is 2. The van der Waals surface area contributed by atoms with Crippen LogP contribution in [0.15, 0.2) is 48.8 Å². The van der Waals surface area contributed by atoms with Gasteiger partial charge in [-0.3, -0.25) is 9.78 Å². The lowest BCUT2D eigenvalue weighted by Crippen LogP contribution is -2.13. The molecule has 0 atom stereocenters. The minimum atomic E-state index is -0.389. The van der Waals surface area contributed by atoms with Gasteiger partial charge in [-0.15, -0.1) is 12.4 Å². The molecule has 0 aliphatic rings. The van der Waals surface area contributed by atoms with Gasteiger partial charge in [-0.05, 0) is 29.7 Å². The summed E-state index contributed by atoms with van der Waals surface area (Å²) in [5.41, 5.74) is 7.89. The van der Waals surface area contributed by atoms with Crippen LogP contribution in [0.5, 0.6) is 0 Å². The second kappa shape index (κ2) is 6.01. The average molecular weight is 249 g/mol. The molecule has 1 aromatic heterocycles. The highest BCUT2D eigenvalue weighted by molar-refractivity contribution is 5.94. The summed E-state index contributed by atoms with van der Waals surface area (Å²) in [7, 11) is 0. The number of aromatic nitrogens is 1. The number of primary amides is 1. The fourth-order valence-corrected chi connectivity index (χ4v) is 1.64. The zero-order chi connectivity index (χ0) is 11.4. The van der Waals surface area contributed by atoms with Crippen molar-refractivity contribution in [2.45, 2.75) is 6.42 Å². The van der Waals surface area contributed by atoms with Crippen molar-refractivity contribution in [2.75, 3.05) is 0 Å². The van der Waals surface area contributed by atoms with Gasteiger partial charge in [0.1, 0.15) is 0 Å². The predicted octanol–water partition coefficient (Wildman–Crippen LogP) is 2.19. The first-order valence-corrected chi connectivity index (χ1v) is 5.04. The topological polar surface area (TPSA) is 56.0 Å². The maximum Gasteiger partial charge on any atom is 0.248 e. The molecule has 2 aromatic rings. The summed E-state index contributed by atoms with van der Waals surface area (Å²) in [6.45, 7) is 0. The Morgan fingerprint density at radius 1 is 1.18 bits per heavy atom. The Bertz CT molecular complexity index is 500. The van der Waals surface area contributed by atoms with Gasteiger partial charge in [-0.1, -0.05) is 24.3 Å². The lowest BCUT2D eigenvalue weighted by atomic mass is 10.0. The summed E-state index contributed by atoms with van der Waals surface area (Å²) >= 11 is 0. The van der Waals surface area contributed by atoms with Gasteiger partial charge in [0.2, 0.25) is 5.91 Å². The number of benzene rings is 1. The quantitative estimate of drug-likeness (QED) is 0.905. The summed E-state index contributed by atoms with van der Waals surface area (Å²) in [6.07, 6.45) is 4.19. The monoisotopic (exact) mass is 248 g/mol. The number of rotatable bonds is 3. The largest absolute Gasteiger partial charge is 0.366 e. The lowest BCUT2D eigenvalue weighted by molar-refractivity contribution is 0.0999. The van der Waals surface area contributed by atoms with Gasteiger partial charge in [0, 0.05) is 18.0 Å². The molecule has 17 heavy (non-hydrogen) atoms. The maximum absolute atomic E-state index is 11.2. The van der Waals surface area contributed by atoms with Crippen LogP contribution in [0.2, 0.25) is 0 Å². The highest BCUT2D eigenvalue weighted by Gasteiger charge is 2.07. The highest BCUT2D eigenvalue weighted by atomic mass is 35.5. The normalized spacial score (nSPS) is 9.41. The minimum Gasteiger partial charge on any atom is -0.366 e. The first-order valence-electron chi connectivity index (χ1n) is 5.04. The van der Waals surface area contributed by atoms with Crippen molar-refractivity contribution in [1.82, 2.24) is 4.98 Å². The molecule has 0 aliphatic carbocycles. The zero-order valence-corrected chi connectivity index (χ0v) is 9.98. The van der Waals surface area contributed by atoms with Crippen LogP contribution in [0.3, 0.4) is 0 Å². The molecule has 2 N–H and O–H groups in total. The molecule has 0 radical (unpaired) electrons. The third-order valence-electron chi connectivity index (χ3n) is 2.40. The molecule has 4 heteroatoms. The molecule has 1 aromatic carbocycles. The van der Waals surface area contributed by atoms with Crippen molar-refractivity contribution < 1.29 is 4.79 Å². The highest BCUT2D eigenvalue weighted by Crippen LogP contribution is 2.13. The molecular weight excluding hydrogens is 236 g/mol. The van der Waals surface area contributed by atoms with E-state index >= 15 is 0 Å². The smallest absolute Gasteiger partial charge is 0.248 e. The Morgan fingerprint density at radius 2 is 1.94 bits per heavy atom. The van der Waals surface area contributed by atoms with Crippen LogP contribution in [0.25, 0.3) is 0 Å². The van der Waals surface area contributed by atoms with Crippen LogP contribution in [-0.4, -0.2) is 10.9 Å². The van der Waals surface area contributed by atoms with Gasteiger partial charge in [0.15, 0.2) is 0 Å². The molecule has 0 unspecified atom stereocenters. The minimum absolute atomic E-state index is 0. The van der Waals surface area contributed by atoms with E-state index in [1.807, 2.05) is 30.3 Å². The van der Waals surface area contributed by atoms with Crippen LogP contribution in [0, 0.1) is 0 Å². The number of nitrogens with two attached hydrogens (primary N) is 1. The van der Waals surface area contributed by atoms with Crippen LogP contribution < -0.4 is 5.73 Å². The second-order valence-corrected chi connectivity index (χ2v) is 3.56. The molecule has 3 nitrogen and oxygen atoms in total. The van der Waals surface area contributed by atoms with Gasteiger partial charge < -0.3 is 5.73 Å². The number of hydrogen-bond donors (Lipinski definition) is 1. The number of carbonyl (C=O) groups excluding carboxylic acids is 1. The van der Waals surface area contributed by atoms with Gasteiger partial charge >= 0.3 is 0 Å². The number of carbonyl (C=O) groups is 1. The van der Waals surface area contributed by atoms with Crippen molar-refractivity contribution in [3.8, 4) is 0 Å². The zero-order valence-electron chi connectivity index (χ0n) is 9.17. The van der Waals surface area contributed by atoms with E-state index in [4.69, 9.17) is 5.73 Å². The SMILES string of the molecule is Cl.NC(=O)c1ccccc1Cc1cccnc1. The first kappa shape index (κ1) is 13.2. The van der Waals surface area contributed by atoms with Crippen molar-refractivity contribution >= 4 is 18.3 Å². The van der Waals surface area contributed by atoms with Crippen molar-refractivity contribution in [1.29, 1.82) is 0 Å². The van der Waals surface area contributed by atoms with E-state index in [2.05, 4.69) is 4.98 Å². The number of amides is 1. The Morgan fingerprint density at radius 3 is 2.59 bits per heavy atom. The Balaban J connectivity index is 0.00000144. The van der Waals surface area contributed by atoms with Crippen LogP contribution in [-0.2, 0) is 6.42 Å². The van der Waals surface area contributed by atoms with Gasteiger partial charge in [0.05, 0.1) is 0 Å². The van der Waals surface area contributed by atoms with Gasteiger partial charge in [-0.2, -0.15) is 0 Å². The Labute approximate surface area is 106 Å². The second-order valence-electron chi connectivity index (χ2n) is 3.56. The van der Waals surface area contributed by atoms with E-state index in [0.29, 0.717) is 12.0 Å². The molecule has 2 rings (SSSR count). The third-order valence-corrected chi connectivity index (χ3v) is 2.40. The van der Waals surface area contributed by atoms with Crippen LogP contribution in [0.1, 0.15) is 21.5 Å². The predicted molar refractivity (Wildman–Crippen MR) is 69.3 cm³/mol. The Kier molecular flexibility index (Phi) is 4.67. The van der Waals surface area contributed by atoms with E-state index in [1.54, 1.807) is 18.5 Å². The summed E-state index contributed by atoms with van der Waals surface area (Å²) in [6, 6.07) is 11.2. The molecule has 0 spiro atoms. The molecule has 1 amide bonds. The molecule has 0 bridgehead atoms. The molecule has 0 saturated heterocycles. The first-order chi connectivity index (χ1) is 7.77. The van der Waals surface area contributed by atoms with E-state index in [9.17, 15) is 4.79 Å². The fraction of sp³-hybridized carbons (Fsp3) is 0.0769. The van der Waals surface area contributed by atoms with E-state index < -0.39 is 0 Å². The van der Waals surface area contributed by atoms with Gasteiger partial charge in [-0.25, -0.2) is 0 Å². The van der Waals surface area contributed by atoms with E-state index in [1.165, 1.54) is 0 Å². The van der Waals surface area contributed by atoms with Crippen molar-refractivity contribution in [2.24, 2.45) is 5.73 Å². The van der Waals surface area contributed by atoms with E-state index in [-0.39, 0.29) is 18.3 Å². The summed E-state index contributed by atoms with van der Waals surface area (Å²) in [5.74, 6) is -0.389. The average Bonchev–Trinajstić information content (AvgIpc) is 2.31. The summed E-state index contributed by atoms with van der Waals surface area (Å²) in [4.78, 5) is 15.3. The van der Waals surface area contributed by atoms with Gasteiger partial charge in [0.25, 0.3) is 0 Å². The fourth-order valence-electron chi connectivity index (χ4n) is 1.64. The lowest BCUT2D eigenvalue weighted by Gasteiger charge is -2.05. The molecule has 88 valence electrons. The third kappa shape index (κ3) is 3.29. The number of pyridine rings is 1. The molecule has 0 aliphatic heterocycles. The molecule has 0 fully saturated rings. The van der Waals surface area contributed by atoms with Crippen LogP contribution >= 0.6 is 12.4 Å². The number of halogens is 1. The van der Waals surface area contributed by atoms with E-state index in [0.717, 1.165) is 11.1 Å². The van der Waals surface area contributed by atoms with Crippen LogP contribution in [0.4, 0.5) is 0 Å².